The Labute approximate surface area is 100 Å². The highest BCUT2D eigenvalue weighted by molar-refractivity contribution is 5.44. The number of imidazole rings is 1. The van der Waals surface area contributed by atoms with E-state index >= 15 is 0 Å². The lowest BCUT2D eigenvalue weighted by molar-refractivity contribution is 0.616. The second kappa shape index (κ2) is 3.69. The molecule has 0 bridgehead atoms. The zero-order valence-corrected chi connectivity index (χ0v) is 10.1. The Kier molecular flexibility index (Phi) is 2.28. The third kappa shape index (κ3) is 1.86. The van der Waals surface area contributed by atoms with Gasteiger partial charge in [0, 0.05) is 17.8 Å². The highest BCUT2D eigenvalue weighted by Gasteiger charge is 2.25. The van der Waals surface area contributed by atoms with Crippen molar-refractivity contribution in [2.75, 3.05) is 0 Å². The molecule has 0 aliphatic heterocycles. The Hall–Kier alpha value is -1.64. The lowest BCUT2D eigenvalue weighted by Crippen LogP contribution is -1.96. The summed E-state index contributed by atoms with van der Waals surface area (Å²) in [6.45, 7) is 3.71. The summed E-state index contributed by atoms with van der Waals surface area (Å²) in [4.78, 5) is 4.42. The molecule has 1 fully saturated rings. The zero-order valence-electron chi connectivity index (χ0n) is 10.1. The molecule has 0 atom stereocenters. The standard InChI is InChI=1S/C14H15FN2/c1-9-6-14(10(2)5-12(9)15)17-7-13(16-8-17)11-3-4-11/h5-8,11H,3-4H2,1-2H3. The van der Waals surface area contributed by atoms with Gasteiger partial charge in [0.15, 0.2) is 0 Å². The maximum atomic E-state index is 13.4. The van der Waals surface area contributed by atoms with Crippen molar-refractivity contribution in [1.82, 2.24) is 9.55 Å². The minimum atomic E-state index is -0.145. The minimum Gasteiger partial charge on any atom is -0.306 e. The van der Waals surface area contributed by atoms with Crippen molar-refractivity contribution < 1.29 is 4.39 Å². The van der Waals surface area contributed by atoms with Gasteiger partial charge in [0.25, 0.3) is 0 Å². The van der Waals surface area contributed by atoms with E-state index in [-0.39, 0.29) is 5.82 Å². The molecule has 1 aromatic carbocycles. The van der Waals surface area contributed by atoms with Gasteiger partial charge < -0.3 is 4.57 Å². The average Bonchev–Trinajstić information content (AvgIpc) is 3.03. The fraction of sp³-hybridized carbons (Fsp3) is 0.357. The van der Waals surface area contributed by atoms with Gasteiger partial charge in [-0.15, -0.1) is 0 Å². The maximum absolute atomic E-state index is 13.4. The molecule has 1 aliphatic rings. The van der Waals surface area contributed by atoms with E-state index in [2.05, 4.69) is 11.2 Å². The third-order valence-electron chi connectivity index (χ3n) is 3.35. The smallest absolute Gasteiger partial charge is 0.126 e. The van der Waals surface area contributed by atoms with E-state index in [0.29, 0.717) is 11.5 Å². The Morgan fingerprint density at radius 1 is 1.24 bits per heavy atom. The first-order valence-electron chi connectivity index (χ1n) is 5.96. The molecule has 0 spiro atoms. The summed E-state index contributed by atoms with van der Waals surface area (Å²) in [5, 5.41) is 0. The van der Waals surface area contributed by atoms with Crippen molar-refractivity contribution in [1.29, 1.82) is 0 Å². The minimum absolute atomic E-state index is 0.145. The highest BCUT2D eigenvalue weighted by atomic mass is 19.1. The van der Waals surface area contributed by atoms with Gasteiger partial charge in [-0.25, -0.2) is 9.37 Å². The van der Waals surface area contributed by atoms with Crippen LogP contribution in [0.25, 0.3) is 5.69 Å². The third-order valence-corrected chi connectivity index (χ3v) is 3.35. The van der Waals surface area contributed by atoms with Crippen LogP contribution in [0.15, 0.2) is 24.7 Å². The number of benzene rings is 1. The van der Waals surface area contributed by atoms with E-state index in [1.165, 1.54) is 12.8 Å². The van der Waals surface area contributed by atoms with E-state index in [1.807, 2.05) is 23.9 Å². The number of aromatic nitrogens is 2. The molecule has 0 N–H and O–H groups in total. The van der Waals surface area contributed by atoms with Gasteiger partial charge >= 0.3 is 0 Å². The normalized spacial score (nSPS) is 15.2. The average molecular weight is 230 g/mol. The Morgan fingerprint density at radius 3 is 2.71 bits per heavy atom. The van der Waals surface area contributed by atoms with Crippen LogP contribution in [-0.4, -0.2) is 9.55 Å². The molecule has 0 radical (unpaired) electrons. The van der Waals surface area contributed by atoms with Gasteiger partial charge in [-0.05, 0) is 49.9 Å². The van der Waals surface area contributed by atoms with Gasteiger partial charge in [-0.2, -0.15) is 0 Å². The molecule has 0 saturated heterocycles. The molecule has 1 saturated carbocycles. The summed E-state index contributed by atoms with van der Waals surface area (Å²) in [6, 6.07) is 3.46. The van der Waals surface area contributed by atoms with Crippen molar-refractivity contribution >= 4 is 0 Å². The van der Waals surface area contributed by atoms with Crippen LogP contribution in [-0.2, 0) is 0 Å². The summed E-state index contributed by atoms with van der Waals surface area (Å²) >= 11 is 0. The van der Waals surface area contributed by atoms with Crippen LogP contribution in [0, 0.1) is 19.7 Å². The first-order valence-corrected chi connectivity index (χ1v) is 5.96. The molecular formula is C14H15FN2. The fourth-order valence-electron chi connectivity index (χ4n) is 2.10. The fourth-order valence-corrected chi connectivity index (χ4v) is 2.10. The van der Waals surface area contributed by atoms with Gasteiger partial charge in [-0.3, -0.25) is 0 Å². The number of hydrogen-bond donors (Lipinski definition) is 0. The summed E-state index contributed by atoms with van der Waals surface area (Å²) in [7, 11) is 0. The molecule has 3 heteroatoms. The van der Waals surface area contributed by atoms with Crippen LogP contribution in [0.3, 0.4) is 0 Å². The molecule has 3 rings (SSSR count). The number of aryl methyl sites for hydroxylation is 2. The topological polar surface area (TPSA) is 17.8 Å². The Morgan fingerprint density at radius 2 is 2.00 bits per heavy atom. The van der Waals surface area contributed by atoms with E-state index in [4.69, 9.17) is 0 Å². The largest absolute Gasteiger partial charge is 0.306 e. The molecule has 1 heterocycles. The summed E-state index contributed by atoms with van der Waals surface area (Å²) in [5.74, 6) is 0.506. The SMILES string of the molecule is Cc1cc(-n2cnc(C3CC3)c2)c(C)cc1F. The van der Waals surface area contributed by atoms with E-state index < -0.39 is 0 Å². The maximum Gasteiger partial charge on any atom is 0.126 e. The summed E-state index contributed by atoms with van der Waals surface area (Å²) in [5.41, 5.74) is 3.79. The molecule has 1 aromatic heterocycles. The quantitative estimate of drug-likeness (QED) is 0.772. The molecule has 0 unspecified atom stereocenters. The molecule has 17 heavy (non-hydrogen) atoms. The summed E-state index contributed by atoms with van der Waals surface area (Å²) in [6.07, 6.45) is 6.39. The van der Waals surface area contributed by atoms with Crippen LogP contribution in [0.5, 0.6) is 0 Å². The number of halogens is 1. The lowest BCUT2D eigenvalue weighted by atomic mass is 10.1. The van der Waals surface area contributed by atoms with Crippen LogP contribution < -0.4 is 0 Å². The van der Waals surface area contributed by atoms with Crippen molar-refractivity contribution in [2.24, 2.45) is 0 Å². The van der Waals surface area contributed by atoms with E-state index in [9.17, 15) is 4.39 Å². The first-order chi connectivity index (χ1) is 8.15. The van der Waals surface area contributed by atoms with E-state index in [0.717, 1.165) is 16.9 Å². The van der Waals surface area contributed by atoms with Crippen molar-refractivity contribution in [3.8, 4) is 5.69 Å². The van der Waals surface area contributed by atoms with Crippen LogP contribution in [0.1, 0.15) is 35.6 Å². The second-order valence-electron chi connectivity index (χ2n) is 4.87. The van der Waals surface area contributed by atoms with Crippen LogP contribution in [0.4, 0.5) is 4.39 Å². The molecule has 2 nitrogen and oxygen atoms in total. The van der Waals surface area contributed by atoms with Crippen molar-refractivity contribution in [2.45, 2.75) is 32.6 Å². The predicted octanol–water partition coefficient (Wildman–Crippen LogP) is 3.51. The van der Waals surface area contributed by atoms with Gasteiger partial charge in [0.2, 0.25) is 0 Å². The van der Waals surface area contributed by atoms with Crippen molar-refractivity contribution in [3.63, 3.8) is 0 Å². The van der Waals surface area contributed by atoms with E-state index in [1.54, 1.807) is 13.0 Å². The number of rotatable bonds is 2. The molecule has 88 valence electrons. The van der Waals surface area contributed by atoms with Gasteiger partial charge in [0.05, 0.1) is 12.0 Å². The number of nitrogens with zero attached hydrogens (tertiary/aromatic N) is 2. The molecule has 2 aromatic rings. The number of hydrogen-bond acceptors (Lipinski definition) is 1. The zero-order chi connectivity index (χ0) is 12.0. The first kappa shape index (κ1) is 10.5. The van der Waals surface area contributed by atoms with Gasteiger partial charge in [0.1, 0.15) is 5.82 Å². The Bertz CT molecular complexity index is 568. The molecular weight excluding hydrogens is 215 g/mol. The molecule has 1 aliphatic carbocycles. The summed E-state index contributed by atoms with van der Waals surface area (Å²) < 4.78 is 15.4. The van der Waals surface area contributed by atoms with Crippen LogP contribution >= 0.6 is 0 Å². The lowest BCUT2D eigenvalue weighted by Gasteiger charge is -2.08. The van der Waals surface area contributed by atoms with Gasteiger partial charge in [-0.1, -0.05) is 0 Å². The second-order valence-corrected chi connectivity index (χ2v) is 4.87. The highest BCUT2D eigenvalue weighted by Crippen LogP contribution is 2.39. The van der Waals surface area contributed by atoms with Crippen LogP contribution in [0.2, 0.25) is 0 Å². The molecule has 0 amide bonds. The van der Waals surface area contributed by atoms with Crippen molar-refractivity contribution in [3.05, 3.63) is 47.3 Å². The monoisotopic (exact) mass is 230 g/mol. The Balaban J connectivity index is 2.04. The predicted molar refractivity (Wildman–Crippen MR) is 65.0 cm³/mol.